The lowest BCUT2D eigenvalue weighted by atomic mass is 10.3. The minimum atomic E-state index is -4.92. The highest BCUT2D eigenvalue weighted by Gasteiger charge is 2.38. The number of anilines is 4. The summed E-state index contributed by atoms with van der Waals surface area (Å²) in [5, 5.41) is 5.43. The van der Waals surface area contributed by atoms with E-state index in [4.69, 9.17) is 0 Å². The summed E-state index contributed by atoms with van der Waals surface area (Å²) in [7, 11) is 1.06. The van der Waals surface area contributed by atoms with Crippen molar-refractivity contribution in [3.63, 3.8) is 0 Å². The summed E-state index contributed by atoms with van der Waals surface area (Å²) in [5.41, 5.74) is -0.379. The Morgan fingerprint density at radius 2 is 1.05 bits per heavy atom. The van der Waals surface area contributed by atoms with Gasteiger partial charge in [0, 0.05) is 18.4 Å². The van der Waals surface area contributed by atoms with Crippen molar-refractivity contribution in [3.8, 4) is 11.5 Å². The first-order chi connectivity index (χ1) is 17.6. The van der Waals surface area contributed by atoms with Gasteiger partial charge in [0.2, 0.25) is 5.82 Å². The van der Waals surface area contributed by atoms with Gasteiger partial charge in [-0.3, -0.25) is 0 Å². The van der Waals surface area contributed by atoms with E-state index in [1.807, 2.05) is 0 Å². The number of nitrogens with one attached hydrogen (secondary N) is 2. The zero-order valence-corrected chi connectivity index (χ0v) is 18.6. The zero-order valence-electron chi connectivity index (χ0n) is 18.6. The van der Waals surface area contributed by atoms with Crippen LogP contribution >= 0.6 is 0 Å². The highest BCUT2D eigenvalue weighted by atomic mass is 19.4. The van der Waals surface area contributed by atoms with Gasteiger partial charge in [-0.2, -0.15) is 13.2 Å². The van der Waals surface area contributed by atoms with E-state index in [9.17, 15) is 39.5 Å². The molecule has 0 saturated carbocycles. The molecular formula is C21H13F9N6O2. The largest absolute Gasteiger partial charge is 0.573 e. The van der Waals surface area contributed by atoms with Crippen molar-refractivity contribution in [1.82, 2.24) is 19.5 Å². The van der Waals surface area contributed by atoms with Crippen LogP contribution in [0.3, 0.4) is 0 Å². The summed E-state index contributed by atoms with van der Waals surface area (Å²) >= 11 is 0. The Balaban J connectivity index is 1.70. The number of aromatic nitrogens is 4. The van der Waals surface area contributed by atoms with Gasteiger partial charge in [-0.25, -0.2) is 15.0 Å². The van der Waals surface area contributed by atoms with Gasteiger partial charge >= 0.3 is 18.9 Å². The number of nitrogens with zero attached hydrogens (tertiary/aromatic N) is 4. The molecular weight excluding hydrogens is 539 g/mol. The van der Waals surface area contributed by atoms with Crippen molar-refractivity contribution in [1.29, 1.82) is 0 Å². The van der Waals surface area contributed by atoms with Crippen molar-refractivity contribution < 1.29 is 49.0 Å². The average Bonchev–Trinajstić information content (AvgIpc) is 3.10. The van der Waals surface area contributed by atoms with E-state index < -0.39 is 41.9 Å². The van der Waals surface area contributed by atoms with Gasteiger partial charge in [0.05, 0.1) is 0 Å². The summed E-state index contributed by atoms with van der Waals surface area (Å²) in [5.74, 6) is -2.70. The first kappa shape index (κ1) is 26.6. The van der Waals surface area contributed by atoms with E-state index in [1.54, 1.807) is 0 Å². The van der Waals surface area contributed by atoms with Crippen molar-refractivity contribution in [2.45, 2.75) is 18.9 Å². The third-order valence-electron chi connectivity index (χ3n) is 4.66. The normalized spacial score (nSPS) is 12.5. The monoisotopic (exact) mass is 552 g/mol. The molecule has 0 saturated heterocycles. The summed E-state index contributed by atoms with van der Waals surface area (Å²) in [6.07, 6.45) is -14.7. The summed E-state index contributed by atoms with van der Waals surface area (Å²) < 4.78 is 123. The van der Waals surface area contributed by atoms with Gasteiger partial charge in [-0.05, 0) is 48.5 Å². The highest BCUT2D eigenvalue weighted by Crippen LogP contribution is 2.34. The fourth-order valence-corrected chi connectivity index (χ4v) is 3.17. The number of hydrogen-bond acceptors (Lipinski definition) is 7. The molecule has 0 aliphatic carbocycles. The Morgan fingerprint density at radius 3 is 1.45 bits per heavy atom. The molecule has 2 aromatic heterocycles. The number of ether oxygens (including phenoxy) is 2. The third kappa shape index (κ3) is 6.46. The van der Waals surface area contributed by atoms with Gasteiger partial charge in [-0.1, -0.05) is 0 Å². The van der Waals surface area contributed by atoms with E-state index in [2.05, 4.69) is 35.1 Å². The number of fused-ring (bicyclic) bond motifs is 1. The van der Waals surface area contributed by atoms with Gasteiger partial charge in [0.25, 0.3) is 0 Å². The fourth-order valence-electron chi connectivity index (χ4n) is 3.17. The molecule has 0 fully saturated rings. The summed E-state index contributed by atoms with van der Waals surface area (Å²) in [4.78, 5) is 11.6. The second-order valence-electron chi connectivity index (χ2n) is 7.45. The van der Waals surface area contributed by atoms with Crippen molar-refractivity contribution in [2.24, 2.45) is 7.05 Å². The van der Waals surface area contributed by atoms with Gasteiger partial charge in [0.1, 0.15) is 11.5 Å². The fraction of sp³-hybridized carbons (Fsp3) is 0.190. The molecule has 8 nitrogen and oxygen atoms in total. The van der Waals surface area contributed by atoms with Crippen LogP contribution in [-0.2, 0) is 13.2 Å². The van der Waals surface area contributed by atoms with Crippen molar-refractivity contribution in [3.05, 3.63) is 54.4 Å². The molecule has 38 heavy (non-hydrogen) atoms. The van der Waals surface area contributed by atoms with Crippen LogP contribution in [0, 0.1) is 0 Å². The van der Waals surface area contributed by atoms with Gasteiger partial charge in [-0.15, -0.1) is 26.3 Å². The summed E-state index contributed by atoms with van der Waals surface area (Å²) in [6, 6.07) is 8.67. The summed E-state index contributed by atoms with van der Waals surface area (Å²) in [6.45, 7) is 0. The molecule has 4 aromatic rings. The lowest BCUT2D eigenvalue weighted by Gasteiger charge is -2.14. The van der Waals surface area contributed by atoms with E-state index in [0.29, 0.717) is 4.57 Å². The first-order valence-electron chi connectivity index (χ1n) is 10.1. The molecule has 17 heteroatoms. The average molecular weight is 552 g/mol. The predicted octanol–water partition coefficient (Wildman–Crippen LogP) is 6.67. The van der Waals surface area contributed by atoms with Crippen LogP contribution in [0.15, 0.2) is 48.5 Å². The van der Waals surface area contributed by atoms with Crippen LogP contribution < -0.4 is 20.1 Å². The standard InChI is InChI=1S/C21H13F9N6O2/c1-36-17-16(35-18(36)19(22,23)24)33-14(31-10-2-6-12(7-3-10)37-20(25,26)27)15(34-17)32-11-4-8-13(9-5-11)38-21(28,29)30/h2-9H,1H3,(H,31,33)(H,32,34). The van der Waals surface area contributed by atoms with Crippen LogP contribution in [0.25, 0.3) is 11.3 Å². The second kappa shape index (κ2) is 9.46. The SMILES string of the molecule is Cn1c(C(F)(F)F)nc2nc(Nc3ccc(OC(F)(F)F)cc3)c(Nc3ccc(OC(F)(F)F)cc3)nc21. The maximum Gasteiger partial charge on any atom is 0.573 e. The molecule has 2 heterocycles. The predicted molar refractivity (Wildman–Crippen MR) is 114 cm³/mol. The van der Waals surface area contributed by atoms with Crippen LogP contribution in [0.1, 0.15) is 5.82 Å². The molecule has 2 aromatic carbocycles. The molecule has 0 aliphatic rings. The lowest BCUT2D eigenvalue weighted by Crippen LogP contribution is -2.17. The Labute approximate surface area is 206 Å². The number of benzene rings is 2. The molecule has 0 aliphatic heterocycles. The third-order valence-corrected chi connectivity index (χ3v) is 4.66. The number of alkyl halides is 9. The quantitative estimate of drug-likeness (QED) is 0.259. The number of halogens is 9. The molecule has 0 radical (unpaired) electrons. The van der Waals surface area contributed by atoms with Crippen LogP contribution in [0.5, 0.6) is 11.5 Å². The smallest absolute Gasteiger partial charge is 0.406 e. The number of hydrogen-bond donors (Lipinski definition) is 2. The Bertz CT molecular complexity index is 1430. The molecule has 0 amide bonds. The lowest BCUT2D eigenvalue weighted by molar-refractivity contribution is -0.275. The molecule has 0 unspecified atom stereocenters. The molecule has 0 spiro atoms. The maximum atomic E-state index is 13.3. The van der Waals surface area contributed by atoms with Crippen LogP contribution in [-0.4, -0.2) is 32.2 Å². The van der Waals surface area contributed by atoms with Gasteiger partial charge in [0.15, 0.2) is 22.9 Å². The molecule has 202 valence electrons. The zero-order chi connectivity index (χ0) is 27.9. The Kier molecular flexibility index (Phi) is 6.62. The van der Waals surface area contributed by atoms with Gasteiger partial charge < -0.3 is 24.7 Å². The molecule has 4 rings (SSSR count). The van der Waals surface area contributed by atoms with E-state index >= 15 is 0 Å². The number of rotatable bonds is 6. The van der Waals surface area contributed by atoms with Crippen LogP contribution in [0.2, 0.25) is 0 Å². The Morgan fingerprint density at radius 1 is 0.632 bits per heavy atom. The van der Waals surface area contributed by atoms with E-state index in [0.717, 1.165) is 31.3 Å². The Hall–Kier alpha value is -4.44. The van der Waals surface area contributed by atoms with E-state index in [1.165, 1.54) is 24.3 Å². The minimum absolute atomic E-state index is 0.150. The topological polar surface area (TPSA) is 86.1 Å². The first-order valence-corrected chi connectivity index (χ1v) is 10.1. The molecule has 0 bridgehead atoms. The van der Waals surface area contributed by atoms with Crippen LogP contribution in [0.4, 0.5) is 62.5 Å². The maximum absolute atomic E-state index is 13.3. The van der Waals surface area contributed by atoms with E-state index in [-0.39, 0.29) is 28.7 Å². The number of aryl methyl sites for hydroxylation is 1. The molecule has 2 N–H and O–H groups in total. The van der Waals surface area contributed by atoms with Crippen molar-refractivity contribution in [2.75, 3.05) is 10.6 Å². The second-order valence-corrected chi connectivity index (χ2v) is 7.45. The molecule has 0 atom stereocenters. The van der Waals surface area contributed by atoms with Crippen molar-refractivity contribution >= 4 is 34.3 Å². The minimum Gasteiger partial charge on any atom is -0.406 e. The highest BCUT2D eigenvalue weighted by molar-refractivity contribution is 5.80. The number of imidazole rings is 1.